The molecule has 3 heterocycles. The summed E-state index contributed by atoms with van der Waals surface area (Å²) in [6, 6.07) is 3.84. The second-order valence-electron chi connectivity index (χ2n) is 6.86. The SMILES string of the molecule is [C-]#[N+]c1c(OC)cc2c(-n3ccnc3)c(-c3n[nH]c(C(=O)N(C)C)n3)n(C)c2c1C#N. The Hall–Kier alpha value is -4.64. The molecule has 0 fully saturated rings. The molecule has 0 aliphatic carbocycles. The molecule has 3 aromatic heterocycles. The van der Waals surface area contributed by atoms with Crippen LogP contribution in [-0.4, -0.2) is 61.3 Å². The molecule has 0 atom stereocenters. The van der Waals surface area contributed by atoms with Crippen molar-refractivity contribution in [2.75, 3.05) is 21.2 Å². The molecule has 0 saturated heterocycles. The van der Waals surface area contributed by atoms with E-state index in [0.717, 1.165) is 0 Å². The maximum Gasteiger partial charge on any atom is 0.290 e. The van der Waals surface area contributed by atoms with Gasteiger partial charge < -0.3 is 18.8 Å². The molecule has 0 saturated carbocycles. The quantitative estimate of drug-likeness (QED) is 0.510. The number of nitrogens with one attached hydrogen (secondary N) is 1. The molecule has 1 N–H and O–H groups in total. The van der Waals surface area contributed by atoms with Gasteiger partial charge in [-0.05, 0) is 6.07 Å². The van der Waals surface area contributed by atoms with E-state index in [1.807, 2.05) is 0 Å². The van der Waals surface area contributed by atoms with Gasteiger partial charge in [0, 0.05) is 38.9 Å². The van der Waals surface area contributed by atoms with Crippen molar-refractivity contribution in [1.29, 1.82) is 5.26 Å². The third-order valence-electron chi connectivity index (χ3n) is 4.90. The second-order valence-corrected chi connectivity index (χ2v) is 6.86. The van der Waals surface area contributed by atoms with Gasteiger partial charge in [-0.15, -0.1) is 0 Å². The number of fused-ring (bicyclic) bond motifs is 1. The summed E-state index contributed by atoms with van der Waals surface area (Å²) in [5, 5.41) is 17.4. The molecule has 0 spiro atoms. The number of hydrogen-bond acceptors (Lipinski definition) is 6. The number of carbonyl (C=O) groups excluding carboxylic acids is 1. The first-order chi connectivity index (χ1) is 14.9. The maximum absolute atomic E-state index is 12.3. The molecule has 0 radical (unpaired) electrons. The van der Waals surface area contributed by atoms with Crippen LogP contribution in [0.15, 0.2) is 24.8 Å². The van der Waals surface area contributed by atoms with Crippen molar-refractivity contribution in [2.24, 2.45) is 7.05 Å². The molecule has 11 heteroatoms. The number of H-pyrrole nitrogens is 1. The predicted octanol–water partition coefficient (Wildman–Crippen LogP) is 2.28. The lowest BCUT2D eigenvalue weighted by Gasteiger charge is -2.08. The van der Waals surface area contributed by atoms with Crippen LogP contribution >= 0.6 is 0 Å². The minimum atomic E-state index is -0.323. The number of benzene rings is 1. The van der Waals surface area contributed by atoms with E-state index >= 15 is 0 Å². The van der Waals surface area contributed by atoms with Crippen LogP contribution in [0.4, 0.5) is 5.69 Å². The van der Waals surface area contributed by atoms with Crippen molar-refractivity contribution in [3.8, 4) is 29.0 Å². The Bertz CT molecular complexity index is 1400. The van der Waals surface area contributed by atoms with E-state index in [1.165, 1.54) is 12.0 Å². The first-order valence-corrected chi connectivity index (χ1v) is 9.06. The normalized spacial score (nSPS) is 10.6. The van der Waals surface area contributed by atoms with E-state index in [-0.39, 0.29) is 34.6 Å². The van der Waals surface area contributed by atoms with Gasteiger partial charge in [0.15, 0.2) is 5.82 Å². The number of amides is 1. The molecule has 1 aromatic carbocycles. The third-order valence-corrected chi connectivity index (χ3v) is 4.90. The lowest BCUT2D eigenvalue weighted by atomic mass is 10.1. The smallest absolute Gasteiger partial charge is 0.290 e. The monoisotopic (exact) mass is 415 g/mol. The van der Waals surface area contributed by atoms with Crippen LogP contribution in [-0.2, 0) is 7.05 Å². The van der Waals surface area contributed by atoms with E-state index in [2.05, 4.69) is 31.1 Å². The fourth-order valence-corrected chi connectivity index (χ4v) is 3.52. The highest BCUT2D eigenvalue weighted by atomic mass is 16.5. The average molecular weight is 415 g/mol. The predicted molar refractivity (Wildman–Crippen MR) is 111 cm³/mol. The van der Waals surface area contributed by atoms with E-state index in [0.29, 0.717) is 22.3 Å². The van der Waals surface area contributed by atoms with Gasteiger partial charge in [0.1, 0.15) is 11.4 Å². The van der Waals surface area contributed by atoms with E-state index < -0.39 is 0 Å². The number of hydrogen-bond donors (Lipinski definition) is 1. The summed E-state index contributed by atoms with van der Waals surface area (Å²) in [4.78, 5) is 25.7. The molecular weight excluding hydrogens is 398 g/mol. The Balaban J connectivity index is 2.13. The van der Waals surface area contributed by atoms with Crippen molar-refractivity contribution >= 4 is 22.5 Å². The van der Waals surface area contributed by atoms with Gasteiger partial charge in [0.25, 0.3) is 5.91 Å². The highest BCUT2D eigenvalue weighted by Crippen LogP contribution is 2.43. The van der Waals surface area contributed by atoms with Gasteiger partial charge in [-0.1, -0.05) is 0 Å². The minimum Gasteiger partial charge on any atom is -0.508 e. The molecule has 4 rings (SSSR count). The van der Waals surface area contributed by atoms with Crippen LogP contribution in [0.1, 0.15) is 16.2 Å². The van der Waals surface area contributed by atoms with Gasteiger partial charge in [-0.25, -0.2) is 14.8 Å². The van der Waals surface area contributed by atoms with Crippen molar-refractivity contribution in [1.82, 2.24) is 34.2 Å². The summed E-state index contributed by atoms with van der Waals surface area (Å²) in [5.41, 5.74) is 2.02. The topological polar surface area (TPSA) is 122 Å². The lowest BCUT2D eigenvalue weighted by molar-refractivity contribution is 0.0816. The number of aromatic amines is 1. The standard InChI is InChI=1S/C20H17N9O2/c1-22-14-12(9-21)15-11(8-13(14)31-5)16(29-7-6-23-10-29)17(28(15)4)18-24-19(26-25-18)20(30)27(2)3/h6-8,10H,2-5H3,(H,24,25,26). The van der Waals surface area contributed by atoms with E-state index in [4.69, 9.17) is 11.3 Å². The molecule has 1 amide bonds. The van der Waals surface area contributed by atoms with Crippen molar-refractivity contribution in [3.05, 3.63) is 47.6 Å². The third kappa shape index (κ3) is 2.88. The molecule has 31 heavy (non-hydrogen) atoms. The number of ether oxygens (including phenoxy) is 1. The highest BCUT2D eigenvalue weighted by Gasteiger charge is 2.27. The number of methoxy groups -OCH3 is 1. The fraction of sp³-hybridized carbons (Fsp3) is 0.200. The summed E-state index contributed by atoms with van der Waals surface area (Å²) in [6.07, 6.45) is 4.98. The van der Waals surface area contributed by atoms with Gasteiger partial charge >= 0.3 is 0 Å². The zero-order valence-corrected chi connectivity index (χ0v) is 17.2. The molecule has 0 bridgehead atoms. The van der Waals surface area contributed by atoms with Gasteiger partial charge in [0.05, 0.1) is 42.8 Å². The molecule has 0 unspecified atom stereocenters. The van der Waals surface area contributed by atoms with Crippen molar-refractivity contribution in [2.45, 2.75) is 0 Å². The zero-order chi connectivity index (χ0) is 22.3. The van der Waals surface area contributed by atoms with Crippen LogP contribution in [0, 0.1) is 17.9 Å². The second kappa shape index (κ2) is 7.31. The van der Waals surface area contributed by atoms with E-state index in [1.54, 1.807) is 55.1 Å². The number of aromatic nitrogens is 6. The van der Waals surface area contributed by atoms with Crippen LogP contribution in [0.2, 0.25) is 0 Å². The van der Waals surface area contributed by atoms with Gasteiger partial charge in [-0.2, -0.15) is 10.4 Å². The average Bonchev–Trinajstić information content (AvgIpc) is 3.51. The molecule has 11 nitrogen and oxygen atoms in total. The number of nitrogens with zero attached hydrogens (tertiary/aromatic N) is 8. The minimum absolute atomic E-state index is 0.0850. The Kier molecular flexibility index (Phi) is 4.64. The van der Waals surface area contributed by atoms with E-state index in [9.17, 15) is 10.1 Å². The molecule has 154 valence electrons. The number of aryl methyl sites for hydroxylation is 1. The number of rotatable bonds is 4. The van der Waals surface area contributed by atoms with Crippen LogP contribution in [0.3, 0.4) is 0 Å². The van der Waals surface area contributed by atoms with Crippen LogP contribution in [0.25, 0.3) is 33.0 Å². The van der Waals surface area contributed by atoms with Crippen molar-refractivity contribution in [3.63, 3.8) is 0 Å². The van der Waals surface area contributed by atoms with Crippen molar-refractivity contribution < 1.29 is 9.53 Å². The first-order valence-electron chi connectivity index (χ1n) is 9.06. The molecule has 0 aliphatic rings. The van der Waals surface area contributed by atoms with Gasteiger partial charge in [0.2, 0.25) is 11.5 Å². The Morgan fingerprint density at radius 2 is 2.19 bits per heavy atom. The van der Waals surface area contributed by atoms with Crippen LogP contribution < -0.4 is 4.74 Å². The fourth-order valence-electron chi connectivity index (χ4n) is 3.52. The zero-order valence-electron chi connectivity index (χ0n) is 17.2. The summed E-state index contributed by atoms with van der Waals surface area (Å²) < 4.78 is 8.89. The number of imidazole rings is 1. The first kappa shape index (κ1) is 19.7. The van der Waals surface area contributed by atoms with Gasteiger partial charge in [-0.3, -0.25) is 9.89 Å². The largest absolute Gasteiger partial charge is 0.508 e. The summed E-state index contributed by atoms with van der Waals surface area (Å²) in [6.45, 7) is 7.53. The maximum atomic E-state index is 12.3. The Morgan fingerprint density at radius 1 is 1.42 bits per heavy atom. The molecule has 4 aromatic rings. The molecule has 0 aliphatic heterocycles. The molecular formula is C20H17N9O2. The number of nitriles is 1. The Morgan fingerprint density at radius 3 is 2.77 bits per heavy atom. The number of carbonyl (C=O) groups is 1. The highest BCUT2D eigenvalue weighted by molar-refractivity contribution is 6.04. The summed E-state index contributed by atoms with van der Waals surface area (Å²) >= 11 is 0. The van der Waals surface area contributed by atoms with Crippen LogP contribution in [0.5, 0.6) is 5.75 Å². The summed E-state index contributed by atoms with van der Waals surface area (Å²) in [5.74, 6) is 0.314. The lowest BCUT2D eigenvalue weighted by Crippen LogP contribution is -2.22. The Labute approximate surface area is 176 Å². The summed E-state index contributed by atoms with van der Waals surface area (Å²) in [7, 11) is 6.44.